The molecule has 1 fully saturated rings. The summed E-state index contributed by atoms with van der Waals surface area (Å²) in [7, 11) is 0. The number of hydrogen-bond donors (Lipinski definition) is 1. The van der Waals surface area contributed by atoms with Crippen LogP contribution in [0.1, 0.15) is 37.1 Å². The van der Waals surface area contributed by atoms with E-state index in [1.807, 2.05) is 6.92 Å². The minimum atomic E-state index is 0.272. The molecule has 20 heavy (non-hydrogen) atoms. The van der Waals surface area contributed by atoms with Gasteiger partial charge >= 0.3 is 0 Å². The van der Waals surface area contributed by atoms with Gasteiger partial charge in [0.25, 0.3) is 0 Å². The van der Waals surface area contributed by atoms with Crippen LogP contribution in [-0.4, -0.2) is 34.3 Å². The van der Waals surface area contributed by atoms with Crippen molar-refractivity contribution in [2.24, 2.45) is 0 Å². The van der Waals surface area contributed by atoms with Crippen molar-refractivity contribution in [2.45, 2.75) is 45.6 Å². The predicted molar refractivity (Wildman–Crippen MR) is 83.6 cm³/mol. The molecular formula is C15H21N3OS. The summed E-state index contributed by atoms with van der Waals surface area (Å²) in [5.41, 5.74) is 1.27. The summed E-state index contributed by atoms with van der Waals surface area (Å²) in [6.45, 7) is 5.36. The number of nitrogens with zero attached hydrogens (tertiary/aromatic N) is 3. The lowest BCUT2D eigenvalue weighted by molar-refractivity contribution is 0.285. The quantitative estimate of drug-likeness (QED) is 0.831. The van der Waals surface area contributed by atoms with Gasteiger partial charge in [-0.3, -0.25) is 0 Å². The van der Waals surface area contributed by atoms with Gasteiger partial charge in [-0.2, -0.15) is 0 Å². The number of thiophene rings is 1. The molecule has 4 nitrogen and oxygen atoms in total. The average molecular weight is 291 g/mol. The van der Waals surface area contributed by atoms with E-state index in [0.29, 0.717) is 6.04 Å². The molecule has 2 aromatic heterocycles. The second-order valence-electron chi connectivity index (χ2n) is 5.55. The number of aromatic nitrogens is 2. The van der Waals surface area contributed by atoms with Crippen molar-refractivity contribution in [3.63, 3.8) is 0 Å². The number of anilines is 1. The number of rotatable bonds is 6. The van der Waals surface area contributed by atoms with Crippen LogP contribution in [0, 0.1) is 13.8 Å². The standard InChI is InChI=1S/C15H21N3OS/c1-10-9-20-15-13(10)14(16-11(2)17-15)18(12-5-6-12)7-3-4-8-19/h9,12,19H,3-8H2,1-2H3. The molecule has 1 aliphatic carbocycles. The highest BCUT2D eigenvalue weighted by Gasteiger charge is 2.31. The lowest BCUT2D eigenvalue weighted by atomic mass is 10.2. The Morgan fingerprint density at radius 2 is 2.10 bits per heavy atom. The molecule has 0 atom stereocenters. The Bertz CT molecular complexity index is 606. The average Bonchev–Trinajstić information content (AvgIpc) is 3.19. The molecule has 1 saturated carbocycles. The first-order chi connectivity index (χ1) is 9.70. The molecule has 0 bridgehead atoms. The van der Waals surface area contributed by atoms with Crippen molar-refractivity contribution in [1.82, 2.24) is 9.97 Å². The Hall–Kier alpha value is -1.20. The molecule has 0 aromatic carbocycles. The monoisotopic (exact) mass is 291 g/mol. The Morgan fingerprint density at radius 3 is 2.80 bits per heavy atom. The van der Waals surface area contributed by atoms with E-state index in [2.05, 4.69) is 22.2 Å². The third kappa shape index (κ3) is 2.65. The normalized spacial score (nSPS) is 14.9. The zero-order valence-electron chi connectivity index (χ0n) is 12.1. The van der Waals surface area contributed by atoms with E-state index in [4.69, 9.17) is 10.1 Å². The Morgan fingerprint density at radius 1 is 1.30 bits per heavy atom. The Labute approximate surface area is 123 Å². The van der Waals surface area contributed by atoms with Crippen molar-refractivity contribution in [3.05, 3.63) is 16.8 Å². The van der Waals surface area contributed by atoms with Gasteiger partial charge in [0.15, 0.2) is 0 Å². The van der Waals surface area contributed by atoms with Gasteiger partial charge in [0, 0.05) is 19.2 Å². The van der Waals surface area contributed by atoms with E-state index in [-0.39, 0.29) is 6.61 Å². The number of aliphatic hydroxyl groups is 1. The zero-order valence-corrected chi connectivity index (χ0v) is 12.9. The van der Waals surface area contributed by atoms with Crippen LogP contribution in [0.2, 0.25) is 0 Å². The summed E-state index contributed by atoms with van der Waals surface area (Å²) in [5.74, 6) is 1.95. The Kier molecular flexibility index (Phi) is 3.89. The van der Waals surface area contributed by atoms with Crippen LogP contribution in [0.4, 0.5) is 5.82 Å². The van der Waals surface area contributed by atoms with Crippen molar-refractivity contribution >= 4 is 27.4 Å². The maximum atomic E-state index is 8.99. The number of unbranched alkanes of at least 4 members (excludes halogenated alkanes) is 1. The molecule has 0 spiro atoms. The fourth-order valence-electron chi connectivity index (χ4n) is 2.62. The van der Waals surface area contributed by atoms with Crippen LogP contribution >= 0.6 is 11.3 Å². The summed E-state index contributed by atoms with van der Waals surface area (Å²) in [5, 5.41) is 12.4. The van der Waals surface area contributed by atoms with Crippen LogP contribution in [0.25, 0.3) is 10.2 Å². The van der Waals surface area contributed by atoms with Gasteiger partial charge in [0.05, 0.1) is 5.39 Å². The summed E-state index contributed by atoms with van der Waals surface area (Å²) >= 11 is 1.70. The Balaban J connectivity index is 1.98. The van der Waals surface area contributed by atoms with E-state index in [9.17, 15) is 0 Å². The molecule has 1 aliphatic rings. The van der Waals surface area contributed by atoms with Crippen molar-refractivity contribution in [1.29, 1.82) is 0 Å². The summed E-state index contributed by atoms with van der Waals surface area (Å²) in [6.07, 6.45) is 4.39. The van der Waals surface area contributed by atoms with Gasteiger partial charge in [-0.1, -0.05) is 0 Å². The second kappa shape index (κ2) is 5.66. The van der Waals surface area contributed by atoms with Gasteiger partial charge in [0.1, 0.15) is 16.5 Å². The number of hydrogen-bond acceptors (Lipinski definition) is 5. The lowest BCUT2D eigenvalue weighted by Crippen LogP contribution is -2.28. The maximum Gasteiger partial charge on any atom is 0.141 e. The minimum absolute atomic E-state index is 0.272. The third-order valence-electron chi connectivity index (χ3n) is 3.78. The van der Waals surface area contributed by atoms with Crippen LogP contribution in [-0.2, 0) is 0 Å². The van der Waals surface area contributed by atoms with Crippen LogP contribution < -0.4 is 4.90 Å². The van der Waals surface area contributed by atoms with E-state index >= 15 is 0 Å². The van der Waals surface area contributed by atoms with E-state index in [1.165, 1.54) is 23.8 Å². The van der Waals surface area contributed by atoms with Crippen LogP contribution in [0.5, 0.6) is 0 Å². The van der Waals surface area contributed by atoms with Gasteiger partial charge < -0.3 is 10.0 Å². The first-order valence-corrected chi connectivity index (χ1v) is 8.18. The predicted octanol–water partition coefficient (Wildman–Crippen LogP) is 3.05. The first-order valence-electron chi connectivity index (χ1n) is 7.30. The summed E-state index contributed by atoms with van der Waals surface area (Å²) < 4.78 is 0. The molecule has 0 aliphatic heterocycles. The smallest absolute Gasteiger partial charge is 0.141 e. The van der Waals surface area contributed by atoms with Gasteiger partial charge in [0.2, 0.25) is 0 Å². The molecule has 2 aromatic rings. The molecule has 5 heteroatoms. The van der Waals surface area contributed by atoms with E-state index in [1.54, 1.807) is 11.3 Å². The maximum absolute atomic E-state index is 8.99. The molecule has 0 unspecified atom stereocenters. The van der Waals surface area contributed by atoms with Crippen molar-refractivity contribution < 1.29 is 5.11 Å². The molecular weight excluding hydrogens is 270 g/mol. The first kappa shape index (κ1) is 13.8. The molecule has 0 amide bonds. The number of aliphatic hydroxyl groups excluding tert-OH is 1. The van der Waals surface area contributed by atoms with Gasteiger partial charge in [-0.15, -0.1) is 11.3 Å². The van der Waals surface area contributed by atoms with E-state index in [0.717, 1.165) is 35.9 Å². The van der Waals surface area contributed by atoms with Crippen molar-refractivity contribution in [3.8, 4) is 0 Å². The minimum Gasteiger partial charge on any atom is -0.396 e. The fourth-order valence-corrected chi connectivity index (χ4v) is 3.58. The number of fused-ring (bicyclic) bond motifs is 1. The van der Waals surface area contributed by atoms with Crippen LogP contribution in [0.15, 0.2) is 5.38 Å². The summed E-state index contributed by atoms with van der Waals surface area (Å²) in [6, 6.07) is 0.630. The highest BCUT2D eigenvalue weighted by atomic mass is 32.1. The largest absolute Gasteiger partial charge is 0.396 e. The van der Waals surface area contributed by atoms with Crippen molar-refractivity contribution in [2.75, 3.05) is 18.1 Å². The van der Waals surface area contributed by atoms with Gasteiger partial charge in [-0.25, -0.2) is 9.97 Å². The molecule has 3 rings (SSSR count). The lowest BCUT2D eigenvalue weighted by Gasteiger charge is -2.24. The topological polar surface area (TPSA) is 49.2 Å². The molecule has 0 saturated heterocycles. The SMILES string of the molecule is Cc1nc(N(CCCCO)C2CC2)c2c(C)csc2n1. The second-order valence-corrected chi connectivity index (χ2v) is 6.41. The molecule has 2 heterocycles. The number of aryl methyl sites for hydroxylation is 2. The molecule has 108 valence electrons. The van der Waals surface area contributed by atoms with Crippen LogP contribution in [0.3, 0.4) is 0 Å². The molecule has 1 N–H and O–H groups in total. The highest BCUT2D eigenvalue weighted by Crippen LogP contribution is 2.37. The highest BCUT2D eigenvalue weighted by molar-refractivity contribution is 7.17. The summed E-state index contributed by atoms with van der Waals surface area (Å²) in [4.78, 5) is 12.8. The molecule has 0 radical (unpaired) electrons. The van der Waals surface area contributed by atoms with Gasteiger partial charge in [-0.05, 0) is 50.5 Å². The van der Waals surface area contributed by atoms with E-state index < -0.39 is 0 Å². The fraction of sp³-hybridized carbons (Fsp3) is 0.600. The zero-order chi connectivity index (χ0) is 14.1. The third-order valence-corrected chi connectivity index (χ3v) is 4.77.